The van der Waals surface area contributed by atoms with E-state index >= 15 is 0 Å². The number of benzene rings is 1. The van der Waals surface area contributed by atoms with Gasteiger partial charge in [-0.15, -0.1) is 11.3 Å². The molecule has 18 heavy (non-hydrogen) atoms. The number of aromatic nitrogens is 1. The van der Waals surface area contributed by atoms with Gasteiger partial charge in [-0.25, -0.2) is 4.98 Å². The van der Waals surface area contributed by atoms with Crippen molar-refractivity contribution in [3.05, 3.63) is 45.9 Å². The van der Waals surface area contributed by atoms with Crippen LogP contribution in [0.4, 0.5) is 0 Å². The molecule has 4 heteroatoms. The van der Waals surface area contributed by atoms with Crippen molar-refractivity contribution in [1.82, 2.24) is 10.3 Å². The van der Waals surface area contributed by atoms with Gasteiger partial charge in [0.2, 0.25) is 0 Å². The second kappa shape index (κ2) is 5.08. The van der Waals surface area contributed by atoms with E-state index < -0.39 is 0 Å². The third kappa shape index (κ3) is 2.13. The minimum absolute atomic E-state index is 0.187. The second-order valence-corrected chi connectivity index (χ2v) is 5.09. The Morgan fingerprint density at radius 1 is 1.50 bits per heavy atom. The van der Waals surface area contributed by atoms with E-state index in [1.807, 2.05) is 5.51 Å². The molecule has 0 bridgehead atoms. The number of nitrogens with one attached hydrogen (secondary N) is 1. The smallest absolute Gasteiger partial charge is 0.122 e. The fourth-order valence-corrected chi connectivity index (χ4v) is 2.93. The number of hydrogen-bond donors (Lipinski definition) is 1. The highest BCUT2D eigenvalue weighted by Crippen LogP contribution is 2.30. The van der Waals surface area contributed by atoms with Crippen molar-refractivity contribution in [2.45, 2.75) is 19.4 Å². The van der Waals surface area contributed by atoms with Crippen LogP contribution in [0.2, 0.25) is 0 Å². The third-order valence-electron chi connectivity index (χ3n) is 3.20. The van der Waals surface area contributed by atoms with E-state index in [0.717, 1.165) is 31.0 Å². The van der Waals surface area contributed by atoms with Crippen molar-refractivity contribution in [1.29, 1.82) is 0 Å². The average Bonchev–Trinajstić information content (AvgIpc) is 3.05. The maximum Gasteiger partial charge on any atom is 0.122 e. The van der Waals surface area contributed by atoms with E-state index in [9.17, 15) is 0 Å². The second-order valence-electron chi connectivity index (χ2n) is 4.37. The van der Waals surface area contributed by atoms with Crippen LogP contribution in [0.25, 0.3) is 0 Å². The molecule has 0 amide bonds. The lowest BCUT2D eigenvalue weighted by Gasteiger charge is -2.17. The summed E-state index contributed by atoms with van der Waals surface area (Å²) >= 11 is 1.64. The van der Waals surface area contributed by atoms with Crippen molar-refractivity contribution in [3.63, 3.8) is 0 Å². The van der Waals surface area contributed by atoms with Crippen molar-refractivity contribution < 1.29 is 4.74 Å². The van der Waals surface area contributed by atoms with Gasteiger partial charge >= 0.3 is 0 Å². The van der Waals surface area contributed by atoms with Gasteiger partial charge in [-0.05, 0) is 23.7 Å². The summed E-state index contributed by atoms with van der Waals surface area (Å²) in [5, 5.41) is 5.60. The molecule has 1 aliphatic rings. The van der Waals surface area contributed by atoms with Crippen molar-refractivity contribution in [2.24, 2.45) is 0 Å². The van der Waals surface area contributed by atoms with Gasteiger partial charge in [0, 0.05) is 11.8 Å². The highest BCUT2D eigenvalue weighted by molar-refractivity contribution is 7.07. The van der Waals surface area contributed by atoms with E-state index in [4.69, 9.17) is 4.74 Å². The molecule has 1 aliphatic heterocycles. The normalized spacial score (nSPS) is 15.2. The lowest BCUT2D eigenvalue weighted by Crippen LogP contribution is -2.22. The maximum absolute atomic E-state index is 5.55. The first-order chi connectivity index (χ1) is 8.88. The highest BCUT2D eigenvalue weighted by atomic mass is 32.1. The number of fused-ring (bicyclic) bond motifs is 1. The Bertz CT molecular complexity index is 525. The van der Waals surface area contributed by atoms with Gasteiger partial charge in [0.1, 0.15) is 5.75 Å². The molecular weight excluding hydrogens is 244 g/mol. The summed E-state index contributed by atoms with van der Waals surface area (Å²) in [4.78, 5) is 4.43. The van der Waals surface area contributed by atoms with Gasteiger partial charge in [0.25, 0.3) is 0 Å². The molecule has 1 atom stereocenters. The molecule has 2 heterocycles. The molecule has 0 saturated carbocycles. The minimum atomic E-state index is 0.187. The Kier molecular flexibility index (Phi) is 3.30. The molecular formula is C14H16N2OS. The van der Waals surface area contributed by atoms with Crippen LogP contribution in [0, 0.1) is 0 Å². The lowest BCUT2D eigenvalue weighted by molar-refractivity contribution is 0.357. The minimum Gasteiger partial charge on any atom is -0.493 e. The topological polar surface area (TPSA) is 34.1 Å². The van der Waals surface area contributed by atoms with Gasteiger partial charge in [0.15, 0.2) is 0 Å². The summed E-state index contributed by atoms with van der Waals surface area (Å²) in [5.74, 6) is 1.03. The predicted octanol–water partition coefficient (Wildman–Crippen LogP) is 2.78. The molecule has 0 spiro atoms. The number of rotatable bonds is 4. The summed E-state index contributed by atoms with van der Waals surface area (Å²) in [7, 11) is 0. The van der Waals surface area contributed by atoms with Crippen LogP contribution in [0.1, 0.15) is 29.8 Å². The molecule has 0 aliphatic carbocycles. The number of ether oxygens (including phenoxy) is 1. The molecule has 94 valence electrons. The Hall–Kier alpha value is -1.39. The molecule has 2 aromatic rings. The van der Waals surface area contributed by atoms with Crippen LogP contribution in [-0.4, -0.2) is 18.1 Å². The van der Waals surface area contributed by atoms with Crippen LogP contribution in [0.3, 0.4) is 0 Å². The van der Waals surface area contributed by atoms with E-state index in [2.05, 4.69) is 40.8 Å². The molecule has 1 N–H and O–H groups in total. The van der Waals surface area contributed by atoms with Crippen molar-refractivity contribution in [2.75, 3.05) is 13.2 Å². The SMILES string of the molecule is CCNC(c1ccc2c(c1)CCO2)c1cscn1. The first kappa shape index (κ1) is 11.7. The standard InChI is InChI=1S/C14H16N2OS/c1-2-15-14(12-8-18-9-16-12)11-3-4-13-10(7-11)5-6-17-13/h3-4,7-9,14-15H,2,5-6H2,1H3. The predicted molar refractivity (Wildman–Crippen MR) is 73.3 cm³/mol. The summed E-state index contributed by atoms with van der Waals surface area (Å²) in [6.45, 7) is 3.85. The Morgan fingerprint density at radius 3 is 3.22 bits per heavy atom. The lowest BCUT2D eigenvalue weighted by atomic mass is 10.0. The first-order valence-corrected chi connectivity index (χ1v) is 7.20. The largest absolute Gasteiger partial charge is 0.493 e. The molecule has 3 nitrogen and oxygen atoms in total. The summed E-state index contributed by atoms with van der Waals surface area (Å²) < 4.78 is 5.55. The average molecular weight is 260 g/mol. The van der Waals surface area contributed by atoms with Gasteiger partial charge in [-0.3, -0.25) is 0 Å². The summed E-state index contributed by atoms with van der Waals surface area (Å²) in [6, 6.07) is 6.65. The number of nitrogens with zero attached hydrogens (tertiary/aromatic N) is 1. The van der Waals surface area contributed by atoms with Crippen LogP contribution in [0.15, 0.2) is 29.1 Å². The quantitative estimate of drug-likeness (QED) is 0.918. The Morgan fingerprint density at radius 2 is 2.44 bits per heavy atom. The zero-order valence-electron chi connectivity index (χ0n) is 10.3. The number of thiazole rings is 1. The Balaban J connectivity index is 1.95. The van der Waals surface area contributed by atoms with Crippen molar-refractivity contribution in [3.8, 4) is 5.75 Å². The van der Waals surface area contributed by atoms with E-state index in [-0.39, 0.29) is 6.04 Å². The molecule has 0 radical (unpaired) electrons. The first-order valence-electron chi connectivity index (χ1n) is 6.25. The molecule has 1 aromatic carbocycles. The van der Waals surface area contributed by atoms with Crippen LogP contribution in [-0.2, 0) is 6.42 Å². The van der Waals surface area contributed by atoms with Crippen molar-refractivity contribution >= 4 is 11.3 Å². The van der Waals surface area contributed by atoms with E-state index in [0.29, 0.717) is 0 Å². The maximum atomic E-state index is 5.55. The molecule has 0 saturated heterocycles. The Labute approximate surface area is 111 Å². The van der Waals surface area contributed by atoms with Gasteiger partial charge < -0.3 is 10.1 Å². The molecule has 0 fully saturated rings. The zero-order valence-corrected chi connectivity index (χ0v) is 11.2. The molecule has 1 aromatic heterocycles. The highest BCUT2D eigenvalue weighted by Gasteiger charge is 2.18. The van der Waals surface area contributed by atoms with Crippen LogP contribution >= 0.6 is 11.3 Å². The van der Waals surface area contributed by atoms with Gasteiger partial charge in [-0.2, -0.15) is 0 Å². The van der Waals surface area contributed by atoms with E-state index in [1.165, 1.54) is 11.1 Å². The summed E-state index contributed by atoms with van der Waals surface area (Å²) in [6.07, 6.45) is 1.01. The number of hydrogen-bond acceptors (Lipinski definition) is 4. The summed E-state index contributed by atoms with van der Waals surface area (Å²) in [5.41, 5.74) is 5.56. The fraction of sp³-hybridized carbons (Fsp3) is 0.357. The third-order valence-corrected chi connectivity index (χ3v) is 3.81. The van der Waals surface area contributed by atoms with Crippen LogP contribution < -0.4 is 10.1 Å². The fourth-order valence-electron chi connectivity index (χ4n) is 2.35. The van der Waals surface area contributed by atoms with Gasteiger partial charge in [0.05, 0.1) is 23.9 Å². The van der Waals surface area contributed by atoms with E-state index in [1.54, 1.807) is 11.3 Å². The van der Waals surface area contributed by atoms with Gasteiger partial charge in [-0.1, -0.05) is 19.1 Å². The molecule has 3 rings (SSSR count). The zero-order chi connectivity index (χ0) is 12.4. The van der Waals surface area contributed by atoms with Crippen LogP contribution in [0.5, 0.6) is 5.75 Å². The monoisotopic (exact) mass is 260 g/mol. The molecule has 1 unspecified atom stereocenters.